The van der Waals surface area contributed by atoms with Crippen LogP contribution in [0.2, 0.25) is 5.02 Å². The minimum atomic E-state index is -3.77. The average Bonchev–Trinajstić information content (AvgIpc) is 3.26. The van der Waals surface area contributed by atoms with E-state index in [1.54, 1.807) is 12.1 Å². The Balaban J connectivity index is 1.59. The summed E-state index contributed by atoms with van der Waals surface area (Å²) in [5.74, 6) is 0. The number of halogens is 1. The van der Waals surface area contributed by atoms with E-state index in [9.17, 15) is 8.42 Å². The summed E-state index contributed by atoms with van der Waals surface area (Å²) in [7, 11) is -3.77. The van der Waals surface area contributed by atoms with Crippen molar-refractivity contribution < 1.29 is 8.42 Å². The summed E-state index contributed by atoms with van der Waals surface area (Å²) in [5, 5.41) is 10.8. The molecule has 0 spiro atoms. The molecular weight excluding hydrogens is 460 g/mol. The molecule has 0 radical (unpaired) electrons. The van der Waals surface area contributed by atoms with Gasteiger partial charge in [-0.05, 0) is 46.2 Å². The summed E-state index contributed by atoms with van der Waals surface area (Å²) in [6.45, 7) is 0. The lowest BCUT2D eigenvalue weighted by Crippen LogP contribution is -2.29. The first-order chi connectivity index (χ1) is 14.4. The highest BCUT2D eigenvalue weighted by Crippen LogP contribution is 2.53. The standard InChI is InChI=1S/C20H15ClN4O2S3/c21-12-7-9-13(10-8-12)30(26,27)25-17-14-5-1-3-11-4-2-6-15(16(11)14)18(17)28-20-24-23-19(22)29-20/h1-10,17-18,25H,(H2,22,23)/t17-,18-/m1/s1. The molecule has 0 aliphatic heterocycles. The lowest BCUT2D eigenvalue weighted by Gasteiger charge is -2.22. The molecule has 30 heavy (non-hydrogen) atoms. The van der Waals surface area contributed by atoms with E-state index in [0.29, 0.717) is 14.5 Å². The number of anilines is 1. The van der Waals surface area contributed by atoms with Crippen molar-refractivity contribution in [3.63, 3.8) is 0 Å². The second-order valence-corrected chi connectivity index (χ2v) is 11.3. The smallest absolute Gasteiger partial charge is 0.241 e. The Morgan fingerprint density at radius 3 is 2.37 bits per heavy atom. The average molecular weight is 475 g/mol. The second-order valence-electron chi connectivity index (χ2n) is 6.79. The Bertz CT molecular complexity index is 1350. The van der Waals surface area contributed by atoms with Gasteiger partial charge in [0.15, 0.2) is 4.34 Å². The van der Waals surface area contributed by atoms with Crippen molar-refractivity contribution in [2.45, 2.75) is 20.5 Å². The van der Waals surface area contributed by atoms with Crippen LogP contribution in [0.4, 0.5) is 5.13 Å². The van der Waals surface area contributed by atoms with Gasteiger partial charge in [0.25, 0.3) is 0 Å². The minimum Gasteiger partial charge on any atom is -0.374 e. The third kappa shape index (κ3) is 3.46. The van der Waals surface area contributed by atoms with E-state index in [1.165, 1.54) is 35.2 Å². The molecule has 0 saturated heterocycles. The van der Waals surface area contributed by atoms with E-state index < -0.39 is 16.1 Å². The van der Waals surface area contributed by atoms with Crippen molar-refractivity contribution in [2.24, 2.45) is 0 Å². The van der Waals surface area contributed by atoms with Gasteiger partial charge in [-0.15, -0.1) is 10.2 Å². The number of thioether (sulfide) groups is 1. The molecule has 4 aromatic rings. The summed E-state index contributed by atoms with van der Waals surface area (Å²) in [5.41, 5.74) is 7.75. The molecule has 0 bridgehead atoms. The number of nitrogens with one attached hydrogen (secondary N) is 1. The quantitative estimate of drug-likeness (QED) is 0.431. The van der Waals surface area contributed by atoms with E-state index in [1.807, 2.05) is 36.4 Å². The number of nitrogens with zero attached hydrogens (tertiary/aromatic N) is 2. The molecule has 10 heteroatoms. The molecule has 152 valence electrons. The number of hydrogen-bond acceptors (Lipinski definition) is 7. The molecule has 5 rings (SSSR count). The Morgan fingerprint density at radius 1 is 1.00 bits per heavy atom. The van der Waals surface area contributed by atoms with Crippen LogP contribution in [0.15, 0.2) is 69.9 Å². The molecule has 6 nitrogen and oxygen atoms in total. The Hall–Kier alpha value is -2.17. The van der Waals surface area contributed by atoms with Gasteiger partial charge in [-0.25, -0.2) is 13.1 Å². The van der Waals surface area contributed by atoms with Gasteiger partial charge in [-0.1, -0.05) is 71.1 Å². The molecular formula is C20H15ClN4O2S3. The highest BCUT2D eigenvalue weighted by Gasteiger charge is 2.38. The van der Waals surface area contributed by atoms with Crippen molar-refractivity contribution in [3.05, 3.63) is 76.8 Å². The summed E-state index contributed by atoms with van der Waals surface area (Å²) in [4.78, 5) is 0.166. The first-order valence-corrected chi connectivity index (χ1v) is 12.5. The van der Waals surface area contributed by atoms with Crippen LogP contribution in [-0.4, -0.2) is 18.6 Å². The van der Waals surface area contributed by atoms with Crippen LogP contribution >= 0.6 is 34.7 Å². The Morgan fingerprint density at radius 2 is 1.70 bits per heavy atom. The zero-order chi connectivity index (χ0) is 20.9. The molecule has 0 fully saturated rings. The zero-order valence-electron chi connectivity index (χ0n) is 15.3. The van der Waals surface area contributed by atoms with E-state index in [0.717, 1.165) is 21.9 Å². The molecule has 1 aliphatic carbocycles. The molecule has 3 N–H and O–H groups in total. The Kier molecular flexibility index (Phi) is 4.95. The van der Waals surface area contributed by atoms with E-state index >= 15 is 0 Å². The normalized spacial score (nSPS) is 18.2. The monoisotopic (exact) mass is 474 g/mol. The van der Waals surface area contributed by atoms with Crippen LogP contribution in [0.25, 0.3) is 10.8 Å². The van der Waals surface area contributed by atoms with Crippen LogP contribution in [0.3, 0.4) is 0 Å². The van der Waals surface area contributed by atoms with Gasteiger partial charge in [-0.3, -0.25) is 0 Å². The summed E-state index contributed by atoms with van der Waals surface area (Å²) in [6, 6.07) is 17.7. The number of aromatic nitrogens is 2. The van der Waals surface area contributed by atoms with Gasteiger partial charge in [0.1, 0.15) is 0 Å². The fourth-order valence-corrected chi connectivity index (χ4v) is 7.24. The zero-order valence-corrected chi connectivity index (χ0v) is 18.5. The maximum Gasteiger partial charge on any atom is 0.241 e. The first-order valence-electron chi connectivity index (χ1n) is 8.97. The van der Waals surface area contributed by atoms with Crippen LogP contribution in [0.5, 0.6) is 0 Å². The van der Waals surface area contributed by atoms with Gasteiger partial charge in [0.05, 0.1) is 16.2 Å². The third-order valence-electron chi connectivity index (χ3n) is 4.97. The molecule has 1 aromatic heterocycles. The molecule has 0 unspecified atom stereocenters. The number of sulfonamides is 1. The van der Waals surface area contributed by atoms with Gasteiger partial charge in [0, 0.05) is 5.02 Å². The number of nitrogens with two attached hydrogens (primary N) is 1. The third-order valence-corrected chi connectivity index (χ3v) is 8.83. The fourth-order valence-electron chi connectivity index (χ4n) is 3.72. The van der Waals surface area contributed by atoms with E-state index in [2.05, 4.69) is 14.9 Å². The SMILES string of the molecule is Nc1nnc(S[C@@H]2c3cccc4cccc(c34)[C@H]2NS(=O)(=O)c2ccc(Cl)cc2)s1. The lowest BCUT2D eigenvalue weighted by molar-refractivity contribution is 0.557. The fraction of sp³-hybridized carbons (Fsp3) is 0.100. The van der Waals surface area contributed by atoms with E-state index in [-0.39, 0.29) is 10.1 Å². The van der Waals surface area contributed by atoms with Crippen molar-refractivity contribution in [2.75, 3.05) is 5.73 Å². The summed E-state index contributed by atoms with van der Waals surface area (Å²) < 4.78 is 29.9. The highest BCUT2D eigenvalue weighted by atomic mass is 35.5. The van der Waals surface area contributed by atoms with Gasteiger partial charge in [-0.2, -0.15) is 0 Å². The predicted molar refractivity (Wildman–Crippen MR) is 121 cm³/mol. The van der Waals surface area contributed by atoms with Crippen LogP contribution in [0, 0.1) is 0 Å². The number of nitrogen functional groups attached to an aromatic ring is 1. The maximum atomic E-state index is 13.2. The molecule has 2 atom stereocenters. The molecule has 1 aliphatic rings. The molecule has 3 aromatic carbocycles. The van der Waals surface area contributed by atoms with Crippen LogP contribution in [0.1, 0.15) is 22.4 Å². The molecule has 0 amide bonds. The lowest BCUT2D eigenvalue weighted by atomic mass is 10.1. The summed E-state index contributed by atoms with van der Waals surface area (Å²) in [6.07, 6.45) is 0. The number of hydrogen-bond donors (Lipinski definition) is 2. The van der Waals surface area contributed by atoms with Gasteiger partial charge >= 0.3 is 0 Å². The van der Waals surface area contributed by atoms with Gasteiger partial charge in [0.2, 0.25) is 15.2 Å². The maximum absolute atomic E-state index is 13.2. The highest BCUT2D eigenvalue weighted by molar-refractivity contribution is 8.01. The van der Waals surface area contributed by atoms with Crippen LogP contribution < -0.4 is 10.5 Å². The number of benzene rings is 3. The predicted octanol–water partition coefficient (Wildman–Crippen LogP) is 4.79. The minimum absolute atomic E-state index is 0.166. The second kappa shape index (κ2) is 7.51. The van der Waals surface area contributed by atoms with Crippen molar-refractivity contribution in [1.29, 1.82) is 0 Å². The van der Waals surface area contributed by atoms with Crippen molar-refractivity contribution in [1.82, 2.24) is 14.9 Å². The molecule has 1 heterocycles. The largest absolute Gasteiger partial charge is 0.374 e. The summed E-state index contributed by atoms with van der Waals surface area (Å²) >= 11 is 8.67. The Labute approximate surface area is 186 Å². The van der Waals surface area contributed by atoms with Crippen molar-refractivity contribution in [3.8, 4) is 0 Å². The van der Waals surface area contributed by atoms with Crippen LogP contribution in [-0.2, 0) is 10.0 Å². The van der Waals surface area contributed by atoms with Gasteiger partial charge < -0.3 is 5.73 Å². The van der Waals surface area contributed by atoms with Crippen molar-refractivity contribution >= 4 is 60.6 Å². The first kappa shape index (κ1) is 19.8. The topological polar surface area (TPSA) is 98.0 Å². The number of rotatable bonds is 5. The molecule has 0 saturated carbocycles. The van der Waals surface area contributed by atoms with E-state index in [4.69, 9.17) is 17.3 Å².